The van der Waals surface area contributed by atoms with Crippen molar-refractivity contribution in [3.05, 3.63) is 55.1 Å². The standard InChI is InChI=1S/C23H21N7O3/c31-21-14-33-19-3-1-15(11-17(19)27-21)18-13-30-6-5-24-23(30)22(28-18)26-16-2-4-20(25-12-16)29-7-9-32-10-8-29/h1-6,11-13H,7-10,14H2,(H,26,28)(H,27,31). The van der Waals surface area contributed by atoms with Gasteiger partial charge >= 0.3 is 0 Å². The van der Waals surface area contributed by atoms with Crippen LogP contribution in [0.2, 0.25) is 0 Å². The van der Waals surface area contributed by atoms with Crippen molar-refractivity contribution >= 4 is 34.6 Å². The topological polar surface area (TPSA) is 106 Å². The molecular weight excluding hydrogens is 422 g/mol. The van der Waals surface area contributed by atoms with Crippen LogP contribution in [-0.4, -0.2) is 58.2 Å². The normalized spacial score (nSPS) is 15.6. The lowest BCUT2D eigenvalue weighted by Gasteiger charge is -2.27. The van der Waals surface area contributed by atoms with Crippen LogP contribution >= 0.6 is 0 Å². The Morgan fingerprint density at radius 3 is 2.85 bits per heavy atom. The van der Waals surface area contributed by atoms with Gasteiger partial charge < -0.3 is 29.4 Å². The molecule has 0 bridgehead atoms. The minimum atomic E-state index is -0.173. The first-order chi connectivity index (χ1) is 16.2. The number of aromatic nitrogens is 4. The van der Waals surface area contributed by atoms with Gasteiger partial charge in [-0.05, 0) is 30.3 Å². The first kappa shape index (κ1) is 19.5. The van der Waals surface area contributed by atoms with Gasteiger partial charge in [0.1, 0.15) is 11.6 Å². The number of carbonyl (C=O) groups excluding carboxylic acids is 1. The van der Waals surface area contributed by atoms with Crippen LogP contribution in [0.15, 0.2) is 55.1 Å². The number of pyridine rings is 1. The maximum atomic E-state index is 11.7. The van der Waals surface area contributed by atoms with Crippen molar-refractivity contribution in [1.29, 1.82) is 0 Å². The maximum Gasteiger partial charge on any atom is 0.262 e. The van der Waals surface area contributed by atoms with Crippen LogP contribution in [0.1, 0.15) is 0 Å². The van der Waals surface area contributed by atoms with Gasteiger partial charge in [0.25, 0.3) is 5.91 Å². The fourth-order valence-electron chi connectivity index (χ4n) is 3.97. The molecule has 4 aromatic rings. The second-order valence-electron chi connectivity index (χ2n) is 7.81. The highest BCUT2D eigenvalue weighted by atomic mass is 16.5. The zero-order valence-corrected chi connectivity index (χ0v) is 17.7. The van der Waals surface area contributed by atoms with Crippen LogP contribution in [0.3, 0.4) is 0 Å². The van der Waals surface area contributed by atoms with Gasteiger partial charge in [0.15, 0.2) is 18.1 Å². The quantitative estimate of drug-likeness (QED) is 0.496. The number of hydrogen-bond acceptors (Lipinski definition) is 8. The molecule has 1 saturated heterocycles. The van der Waals surface area contributed by atoms with E-state index in [4.69, 9.17) is 14.5 Å². The van der Waals surface area contributed by atoms with Gasteiger partial charge in [0.2, 0.25) is 0 Å². The third-order valence-electron chi connectivity index (χ3n) is 5.63. The molecule has 6 rings (SSSR count). The van der Waals surface area contributed by atoms with E-state index in [2.05, 4.69) is 25.5 Å². The van der Waals surface area contributed by atoms with E-state index in [1.165, 1.54) is 0 Å². The first-order valence-corrected chi connectivity index (χ1v) is 10.7. The van der Waals surface area contributed by atoms with E-state index in [-0.39, 0.29) is 12.5 Å². The van der Waals surface area contributed by atoms with Crippen LogP contribution in [0.25, 0.3) is 16.9 Å². The maximum absolute atomic E-state index is 11.7. The molecule has 0 atom stereocenters. The fraction of sp³-hybridized carbons (Fsp3) is 0.217. The molecule has 1 aromatic carbocycles. The molecule has 10 heteroatoms. The zero-order valence-electron chi connectivity index (χ0n) is 17.7. The number of nitrogens with one attached hydrogen (secondary N) is 2. The van der Waals surface area contributed by atoms with E-state index < -0.39 is 0 Å². The minimum absolute atomic E-state index is 0.0258. The van der Waals surface area contributed by atoms with E-state index in [9.17, 15) is 4.79 Å². The van der Waals surface area contributed by atoms with E-state index in [1.54, 1.807) is 12.4 Å². The second kappa shape index (κ2) is 8.06. The highest BCUT2D eigenvalue weighted by Gasteiger charge is 2.18. The summed E-state index contributed by atoms with van der Waals surface area (Å²) in [7, 11) is 0. The van der Waals surface area contributed by atoms with E-state index in [1.807, 2.05) is 47.1 Å². The molecule has 0 radical (unpaired) electrons. The summed E-state index contributed by atoms with van der Waals surface area (Å²) in [5.74, 6) is 2.01. The lowest BCUT2D eigenvalue weighted by molar-refractivity contribution is -0.118. The van der Waals surface area contributed by atoms with Crippen molar-refractivity contribution in [3.63, 3.8) is 0 Å². The molecule has 2 aliphatic rings. The lowest BCUT2D eigenvalue weighted by Crippen LogP contribution is -2.36. The number of fused-ring (bicyclic) bond motifs is 2. The van der Waals surface area contributed by atoms with Crippen LogP contribution in [0.5, 0.6) is 5.75 Å². The number of ether oxygens (including phenoxy) is 2. The third kappa shape index (κ3) is 3.80. The Balaban J connectivity index is 1.31. The first-order valence-electron chi connectivity index (χ1n) is 10.7. The molecule has 0 saturated carbocycles. The molecule has 166 valence electrons. The highest BCUT2D eigenvalue weighted by molar-refractivity contribution is 5.96. The molecule has 5 heterocycles. The van der Waals surface area contributed by atoms with Gasteiger partial charge in [0, 0.05) is 37.2 Å². The van der Waals surface area contributed by atoms with Crippen LogP contribution in [0, 0.1) is 0 Å². The monoisotopic (exact) mass is 443 g/mol. The van der Waals surface area contributed by atoms with Crippen molar-refractivity contribution in [3.8, 4) is 17.0 Å². The minimum Gasteiger partial charge on any atom is -0.482 e. The smallest absolute Gasteiger partial charge is 0.262 e. The van der Waals surface area contributed by atoms with Crippen LogP contribution < -0.4 is 20.3 Å². The van der Waals surface area contributed by atoms with Gasteiger partial charge in [0.05, 0.1) is 36.5 Å². The van der Waals surface area contributed by atoms with Gasteiger partial charge in [-0.2, -0.15) is 0 Å². The van der Waals surface area contributed by atoms with Crippen molar-refractivity contribution in [2.24, 2.45) is 0 Å². The number of amides is 1. The summed E-state index contributed by atoms with van der Waals surface area (Å²) in [4.78, 5) is 27.8. The van der Waals surface area contributed by atoms with E-state index in [0.717, 1.165) is 49.1 Å². The molecule has 2 aliphatic heterocycles. The number of rotatable bonds is 4. The van der Waals surface area contributed by atoms with Crippen molar-refractivity contribution < 1.29 is 14.3 Å². The average molecular weight is 443 g/mol. The molecular formula is C23H21N7O3. The van der Waals surface area contributed by atoms with Gasteiger partial charge in [-0.15, -0.1) is 0 Å². The molecule has 2 N–H and O–H groups in total. The molecule has 33 heavy (non-hydrogen) atoms. The Morgan fingerprint density at radius 1 is 1.09 bits per heavy atom. The van der Waals surface area contributed by atoms with Crippen molar-refractivity contribution in [2.75, 3.05) is 48.4 Å². The Kier molecular flexibility index (Phi) is 4.76. The van der Waals surface area contributed by atoms with Crippen LogP contribution in [-0.2, 0) is 9.53 Å². The van der Waals surface area contributed by atoms with Crippen molar-refractivity contribution in [2.45, 2.75) is 0 Å². The molecule has 10 nitrogen and oxygen atoms in total. The highest BCUT2D eigenvalue weighted by Crippen LogP contribution is 2.33. The van der Waals surface area contributed by atoms with Gasteiger partial charge in [-0.1, -0.05) is 0 Å². The predicted molar refractivity (Wildman–Crippen MR) is 123 cm³/mol. The average Bonchev–Trinajstić information content (AvgIpc) is 3.34. The Hall–Kier alpha value is -4.18. The Labute approximate surface area is 189 Å². The summed E-state index contributed by atoms with van der Waals surface area (Å²) in [6.45, 7) is 3.14. The predicted octanol–water partition coefficient (Wildman–Crippen LogP) is 2.70. The fourth-order valence-corrected chi connectivity index (χ4v) is 3.97. The summed E-state index contributed by atoms with van der Waals surface area (Å²) in [6, 6.07) is 9.60. The number of carbonyl (C=O) groups is 1. The largest absolute Gasteiger partial charge is 0.482 e. The Bertz CT molecular complexity index is 1330. The molecule has 0 spiro atoms. The van der Waals surface area contributed by atoms with E-state index in [0.29, 0.717) is 22.9 Å². The number of anilines is 4. The number of imidazole rings is 1. The number of morpholine rings is 1. The molecule has 0 aliphatic carbocycles. The molecule has 1 amide bonds. The zero-order chi connectivity index (χ0) is 22.2. The molecule has 3 aromatic heterocycles. The number of hydrogen-bond donors (Lipinski definition) is 2. The molecule has 0 unspecified atom stereocenters. The number of benzene rings is 1. The van der Waals surface area contributed by atoms with Gasteiger partial charge in [-0.25, -0.2) is 15.0 Å². The third-order valence-corrected chi connectivity index (χ3v) is 5.63. The summed E-state index contributed by atoms with van der Waals surface area (Å²) in [5, 5.41) is 6.19. The van der Waals surface area contributed by atoms with Crippen molar-refractivity contribution in [1.82, 2.24) is 19.4 Å². The van der Waals surface area contributed by atoms with Gasteiger partial charge in [-0.3, -0.25) is 4.79 Å². The van der Waals surface area contributed by atoms with Crippen LogP contribution in [0.4, 0.5) is 23.0 Å². The lowest BCUT2D eigenvalue weighted by atomic mass is 10.1. The SMILES string of the molecule is O=C1COc2ccc(-c3cn4ccnc4c(Nc4ccc(N5CCOCC5)nc4)n3)cc2N1. The Morgan fingerprint density at radius 2 is 2.00 bits per heavy atom. The second-order valence-corrected chi connectivity index (χ2v) is 7.81. The summed E-state index contributed by atoms with van der Waals surface area (Å²) < 4.78 is 12.8. The summed E-state index contributed by atoms with van der Waals surface area (Å²) >= 11 is 0. The summed E-state index contributed by atoms with van der Waals surface area (Å²) in [5.41, 5.74) is 3.72. The van der Waals surface area contributed by atoms with E-state index >= 15 is 0 Å². The molecule has 1 fully saturated rings. The summed E-state index contributed by atoms with van der Waals surface area (Å²) in [6.07, 6.45) is 7.30. The number of nitrogens with zero attached hydrogens (tertiary/aromatic N) is 5.